The van der Waals surface area contributed by atoms with Gasteiger partial charge in [0.2, 0.25) is 0 Å². The minimum absolute atomic E-state index is 0.225. The topological polar surface area (TPSA) is 45.1 Å². The molecule has 0 bridgehead atoms. The van der Waals surface area contributed by atoms with E-state index in [4.69, 9.17) is 0 Å². The number of nitrogens with one attached hydrogen (secondary N) is 1. The molecule has 0 saturated carbocycles. The van der Waals surface area contributed by atoms with Crippen LogP contribution in [0.1, 0.15) is 24.4 Å². The number of benzene rings is 2. The van der Waals surface area contributed by atoms with E-state index in [-0.39, 0.29) is 5.54 Å². The highest BCUT2D eigenvalue weighted by molar-refractivity contribution is 7.09. The van der Waals surface area contributed by atoms with E-state index in [1.807, 2.05) is 35.8 Å². The Balaban J connectivity index is 1.90. The molecule has 2 aromatic carbocycles. The maximum atomic E-state index is 10.2. The monoisotopic (exact) mass is 298 g/mol. The summed E-state index contributed by atoms with van der Waals surface area (Å²) < 4.78 is 0. The first-order valence-electron chi connectivity index (χ1n) is 6.92. The number of aromatic hydroxyl groups is 1. The number of hydrogen-bond acceptors (Lipinski definition) is 4. The van der Waals surface area contributed by atoms with E-state index < -0.39 is 0 Å². The zero-order valence-electron chi connectivity index (χ0n) is 12.1. The molecule has 0 fully saturated rings. The molecule has 3 rings (SSSR count). The summed E-state index contributed by atoms with van der Waals surface area (Å²) >= 11 is 1.64. The van der Waals surface area contributed by atoms with Crippen LogP contribution in [0.15, 0.2) is 48.0 Å². The first kappa shape index (κ1) is 14.0. The third-order valence-corrected chi connectivity index (χ3v) is 4.79. The van der Waals surface area contributed by atoms with E-state index in [1.54, 1.807) is 17.4 Å². The Kier molecular flexibility index (Phi) is 3.66. The predicted molar refractivity (Wildman–Crippen MR) is 87.6 cm³/mol. The summed E-state index contributed by atoms with van der Waals surface area (Å²) in [6, 6.07) is 11.8. The van der Waals surface area contributed by atoms with Crippen LogP contribution in [0.3, 0.4) is 0 Å². The quantitative estimate of drug-likeness (QED) is 0.764. The van der Waals surface area contributed by atoms with Gasteiger partial charge in [-0.25, -0.2) is 4.98 Å². The Morgan fingerprint density at radius 2 is 2.00 bits per heavy atom. The molecule has 1 heterocycles. The fourth-order valence-corrected chi connectivity index (χ4v) is 3.17. The summed E-state index contributed by atoms with van der Waals surface area (Å²) in [5.74, 6) is 0.330. The van der Waals surface area contributed by atoms with Crippen molar-refractivity contribution in [3.63, 3.8) is 0 Å². The van der Waals surface area contributed by atoms with Gasteiger partial charge in [-0.15, -0.1) is 11.3 Å². The third kappa shape index (κ3) is 2.77. The smallest absolute Gasteiger partial charge is 0.120 e. The van der Waals surface area contributed by atoms with Crippen LogP contribution in [-0.4, -0.2) is 10.1 Å². The average Bonchev–Trinajstić information content (AvgIpc) is 3.01. The highest BCUT2D eigenvalue weighted by Gasteiger charge is 2.23. The molecule has 108 valence electrons. The maximum Gasteiger partial charge on any atom is 0.120 e. The third-order valence-electron chi connectivity index (χ3n) is 3.69. The van der Waals surface area contributed by atoms with Crippen molar-refractivity contribution in [2.75, 3.05) is 0 Å². The number of phenols is 1. The molecule has 2 N–H and O–H groups in total. The van der Waals surface area contributed by atoms with Gasteiger partial charge in [0.25, 0.3) is 0 Å². The zero-order valence-corrected chi connectivity index (χ0v) is 12.9. The van der Waals surface area contributed by atoms with E-state index in [0.29, 0.717) is 12.3 Å². The van der Waals surface area contributed by atoms with Crippen molar-refractivity contribution in [2.24, 2.45) is 0 Å². The molecule has 0 aliphatic rings. The van der Waals surface area contributed by atoms with Gasteiger partial charge in [0.05, 0.1) is 5.54 Å². The van der Waals surface area contributed by atoms with Crippen molar-refractivity contribution >= 4 is 22.1 Å². The number of rotatable bonds is 4. The molecule has 0 aliphatic heterocycles. The van der Waals surface area contributed by atoms with Crippen molar-refractivity contribution in [2.45, 2.75) is 25.9 Å². The van der Waals surface area contributed by atoms with Crippen LogP contribution in [0.5, 0.6) is 5.75 Å². The van der Waals surface area contributed by atoms with Gasteiger partial charge in [-0.05, 0) is 30.7 Å². The number of fused-ring (bicyclic) bond motifs is 1. The lowest BCUT2D eigenvalue weighted by Gasteiger charge is -2.24. The molecule has 1 aromatic heterocycles. The number of hydrogen-bond donors (Lipinski definition) is 2. The molecule has 4 heteroatoms. The van der Waals surface area contributed by atoms with Crippen LogP contribution in [0.4, 0.5) is 0 Å². The van der Waals surface area contributed by atoms with Gasteiger partial charge in [-0.3, -0.25) is 0 Å². The molecule has 0 aliphatic carbocycles. The van der Waals surface area contributed by atoms with Gasteiger partial charge in [0, 0.05) is 23.7 Å². The van der Waals surface area contributed by atoms with Gasteiger partial charge in [0.1, 0.15) is 10.8 Å². The second-order valence-corrected chi connectivity index (χ2v) is 6.49. The summed E-state index contributed by atoms with van der Waals surface area (Å²) in [6.07, 6.45) is 1.82. The fraction of sp³-hybridized carbons (Fsp3) is 0.235. The second-order valence-electron chi connectivity index (χ2n) is 5.60. The van der Waals surface area contributed by atoms with Crippen LogP contribution in [0.2, 0.25) is 0 Å². The Bertz CT molecular complexity index is 751. The van der Waals surface area contributed by atoms with Gasteiger partial charge in [0.15, 0.2) is 0 Å². The summed E-state index contributed by atoms with van der Waals surface area (Å²) in [7, 11) is 0. The Morgan fingerprint density at radius 1 is 1.19 bits per heavy atom. The van der Waals surface area contributed by atoms with Gasteiger partial charge < -0.3 is 10.4 Å². The largest absolute Gasteiger partial charge is 0.508 e. The lowest BCUT2D eigenvalue weighted by atomic mass is 10.0. The number of thiazole rings is 1. The highest BCUT2D eigenvalue weighted by atomic mass is 32.1. The Hall–Kier alpha value is -1.91. The summed E-state index contributed by atoms with van der Waals surface area (Å²) in [4.78, 5) is 4.38. The maximum absolute atomic E-state index is 10.2. The molecular formula is C17H18N2OS. The number of nitrogens with zero attached hydrogens (tertiary/aromatic N) is 1. The molecule has 0 saturated heterocycles. The van der Waals surface area contributed by atoms with E-state index in [9.17, 15) is 5.11 Å². The first-order chi connectivity index (χ1) is 10.1. The Labute approximate surface area is 128 Å². The van der Waals surface area contributed by atoms with Gasteiger partial charge in [-0.1, -0.05) is 30.3 Å². The Morgan fingerprint density at radius 3 is 2.76 bits per heavy atom. The standard InChI is InChI=1S/C17H18N2OS/c1-17(2,16-18-9-10-21-16)19-11-14-13-6-4-3-5-12(13)7-8-15(14)20/h3-10,19-20H,11H2,1-2H3. The molecule has 0 atom stereocenters. The average molecular weight is 298 g/mol. The van der Waals surface area contributed by atoms with Crippen LogP contribution < -0.4 is 5.32 Å². The van der Waals surface area contributed by atoms with Crippen LogP contribution in [0.25, 0.3) is 10.8 Å². The lowest BCUT2D eigenvalue weighted by molar-refractivity contribution is 0.392. The van der Waals surface area contributed by atoms with Crippen molar-refractivity contribution in [1.29, 1.82) is 0 Å². The van der Waals surface area contributed by atoms with Crippen LogP contribution >= 0.6 is 11.3 Å². The second kappa shape index (κ2) is 5.47. The van der Waals surface area contributed by atoms with Crippen molar-refractivity contribution < 1.29 is 5.11 Å². The lowest BCUT2D eigenvalue weighted by Crippen LogP contribution is -2.35. The molecule has 21 heavy (non-hydrogen) atoms. The number of phenolic OH excluding ortho intramolecular Hbond substituents is 1. The fourth-order valence-electron chi connectivity index (χ4n) is 2.43. The van der Waals surface area contributed by atoms with E-state index in [0.717, 1.165) is 21.3 Å². The number of aromatic nitrogens is 1. The van der Waals surface area contributed by atoms with Gasteiger partial charge >= 0.3 is 0 Å². The van der Waals surface area contributed by atoms with Crippen molar-refractivity contribution in [3.8, 4) is 5.75 Å². The summed E-state index contributed by atoms with van der Waals surface area (Å²) in [6.45, 7) is 4.81. The minimum Gasteiger partial charge on any atom is -0.508 e. The SMILES string of the molecule is CC(C)(NCc1c(O)ccc2ccccc12)c1nccs1. The van der Waals surface area contributed by atoms with E-state index in [2.05, 4.69) is 30.2 Å². The van der Waals surface area contributed by atoms with Crippen LogP contribution in [0, 0.1) is 0 Å². The zero-order chi connectivity index (χ0) is 14.9. The summed E-state index contributed by atoms with van der Waals surface area (Å²) in [5.41, 5.74) is 0.704. The van der Waals surface area contributed by atoms with E-state index in [1.165, 1.54) is 0 Å². The molecular weight excluding hydrogens is 280 g/mol. The van der Waals surface area contributed by atoms with E-state index >= 15 is 0 Å². The molecule has 0 radical (unpaired) electrons. The minimum atomic E-state index is -0.225. The normalized spacial score (nSPS) is 11.9. The van der Waals surface area contributed by atoms with Crippen molar-refractivity contribution in [1.82, 2.24) is 10.3 Å². The first-order valence-corrected chi connectivity index (χ1v) is 7.80. The molecule has 3 nitrogen and oxygen atoms in total. The van der Waals surface area contributed by atoms with Crippen molar-refractivity contribution in [3.05, 3.63) is 58.5 Å². The molecule has 3 aromatic rings. The summed E-state index contributed by atoms with van der Waals surface area (Å²) in [5, 5.41) is 18.9. The molecule has 0 amide bonds. The molecule has 0 spiro atoms. The molecule has 0 unspecified atom stereocenters. The van der Waals surface area contributed by atoms with Gasteiger partial charge in [-0.2, -0.15) is 0 Å². The predicted octanol–water partition coefficient (Wildman–Crippen LogP) is 4.03. The van der Waals surface area contributed by atoms with Crippen LogP contribution in [-0.2, 0) is 12.1 Å². The highest BCUT2D eigenvalue weighted by Crippen LogP contribution is 2.29.